The maximum absolute atomic E-state index is 5.97. The van der Waals surface area contributed by atoms with Crippen LogP contribution in [-0.2, 0) is 16.1 Å². The molecule has 2 rings (SSSR count). The number of hydrogen-bond acceptors (Lipinski definition) is 5. The molecule has 2 atom stereocenters. The molecule has 1 aliphatic rings. The Labute approximate surface area is 121 Å². The monoisotopic (exact) mass is 279 g/mol. The van der Waals surface area contributed by atoms with Crippen molar-refractivity contribution in [3.05, 3.63) is 17.6 Å². The summed E-state index contributed by atoms with van der Waals surface area (Å²) in [6.07, 6.45) is 2.64. The van der Waals surface area contributed by atoms with Gasteiger partial charge in [0, 0.05) is 18.3 Å². The van der Waals surface area contributed by atoms with Gasteiger partial charge in [-0.3, -0.25) is 0 Å². The number of hydrogen-bond donors (Lipinski definition) is 1. The first-order chi connectivity index (χ1) is 9.56. The summed E-state index contributed by atoms with van der Waals surface area (Å²) in [5, 5.41) is 3.21. The highest BCUT2D eigenvalue weighted by atomic mass is 16.5. The Morgan fingerprint density at radius 1 is 1.30 bits per heavy atom. The molecule has 112 valence electrons. The van der Waals surface area contributed by atoms with Crippen LogP contribution in [-0.4, -0.2) is 34.8 Å². The number of anilines is 1. The highest BCUT2D eigenvalue weighted by Crippen LogP contribution is 2.22. The predicted octanol–water partition coefficient (Wildman–Crippen LogP) is 2.69. The topological polar surface area (TPSA) is 56.3 Å². The Bertz CT molecular complexity index is 429. The van der Waals surface area contributed by atoms with Gasteiger partial charge in [0.25, 0.3) is 0 Å². The van der Waals surface area contributed by atoms with Gasteiger partial charge in [-0.25, -0.2) is 9.97 Å². The molecule has 1 aliphatic heterocycles. The molecule has 2 heterocycles. The van der Waals surface area contributed by atoms with Crippen LogP contribution in [0.15, 0.2) is 6.07 Å². The van der Waals surface area contributed by atoms with Gasteiger partial charge in [-0.2, -0.15) is 0 Å². The van der Waals surface area contributed by atoms with E-state index >= 15 is 0 Å². The van der Waals surface area contributed by atoms with Gasteiger partial charge in [-0.1, -0.05) is 0 Å². The largest absolute Gasteiger partial charge is 0.375 e. The molecule has 0 bridgehead atoms. The standard InChI is InChI=1S/C15H25N3O2/c1-5-16-14-6-10(2)17-15(18-14)9-19-13-7-11(3)20-12(4)8-13/h6,11-13H,5,7-9H2,1-4H3,(H,16,17,18). The van der Waals surface area contributed by atoms with Crippen molar-refractivity contribution in [2.45, 2.75) is 65.5 Å². The molecule has 0 aromatic carbocycles. The molecular weight excluding hydrogens is 254 g/mol. The van der Waals surface area contributed by atoms with Crippen LogP contribution in [0.1, 0.15) is 45.1 Å². The average Bonchev–Trinajstić information content (AvgIpc) is 2.35. The van der Waals surface area contributed by atoms with Gasteiger partial charge in [0.15, 0.2) is 5.82 Å². The summed E-state index contributed by atoms with van der Waals surface area (Å²) in [6, 6.07) is 1.95. The van der Waals surface area contributed by atoms with E-state index in [1.165, 1.54) is 0 Å². The zero-order valence-corrected chi connectivity index (χ0v) is 12.8. The van der Waals surface area contributed by atoms with E-state index in [1.807, 2.05) is 13.0 Å². The van der Waals surface area contributed by atoms with Gasteiger partial charge in [0.1, 0.15) is 12.4 Å². The zero-order valence-electron chi connectivity index (χ0n) is 12.8. The molecule has 20 heavy (non-hydrogen) atoms. The van der Waals surface area contributed by atoms with Crippen LogP contribution in [0.3, 0.4) is 0 Å². The molecular formula is C15H25N3O2. The minimum Gasteiger partial charge on any atom is -0.375 e. The predicted molar refractivity (Wildman–Crippen MR) is 78.8 cm³/mol. The summed E-state index contributed by atoms with van der Waals surface area (Å²) >= 11 is 0. The van der Waals surface area contributed by atoms with Crippen molar-refractivity contribution in [2.75, 3.05) is 11.9 Å². The molecule has 0 aliphatic carbocycles. The van der Waals surface area contributed by atoms with Gasteiger partial charge in [0.05, 0.1) is 18.3 Å². The van der Waals surface area contributed by atoms with Crippen LogP contribution in [0, 0.1) is 6.92 Å². The van der Waals surface area contributed by atoms with Crippen molar-refractivity contribution >= 4 is 5.82 Å². The summed E-state index contributed by atoms with van der Waals surface area (Å²) in [6.45, 7) is 9.54. The Morgan fingerprint density at radius 2 is 2.00 bits per heavy atom. The van der Waals surface area contributed by atoms with E-state index in [4.69, 9.17) is 9.47 Å². The maximum Gasteiger partial charge on any atom is 0.156 e. The van der Waals surface area contributed by atoms with Crippen molar-refractivity contribution in [3.8, 4) is 0 Å². The summed E-state index contributed by atoms with van der Waals surface area (Å²) in [7, 11) is 0. The fourth-order valence-electron chi connectivity index (χ4n) is 2.64. The molecule has 0 saturated carbocycles. The summed E-state index contributed by atoms with van der Waals surface area (Å²) < 4.78 is 11.7. The van der Waals surface area contributed by atoms with Crippen molar-refractivity contribution in [1.29, 1.82) is 0 Å². The number of nitrogens with zero attached hydrogens (tertiary/aromatic N) is 2. The molecule has 2 unspecified atom stereocenters. The van der Waals surface area contributed by atoms with Crippen molar-refractivity contribution in [3.63, 3.8) is 0 Å². The van der Waals surface area contributed by atoms with Crippen molar-refractivity contribution in [2.24, 2.45) is 0 Å². The lowest BCUT2D eigenvalue weighted by Crippen LogP contribution is -2.34. The Kier molecular flexibility index (Phi) is 5.31. The number of ether oxygens (including phenoxy) is 2. The van der Waals surface area contributed by atoms with E-state index in [0.717, 1.165) is 36.7 Å². The number of aryl methyl sites for hydroxylation is 1. The maximum atomic E-state index is 5.97. The molecule has 1 saturated heterocycles. The second-order valence-corrected chi connectivity index (χ2v) is 5.50. The SMILES string of the molecule is CCNc1cc(C)nc(COC2CC(C)OC(C)C2)n1. The summed E-state index contributed by atoms with van der Waals surface area (Å²) in [5.41, 5.74) is 0.961. The molecule has 0 radical (unpaired) electrons. The number of rotatable bonds is 5. The first-order valence-corrected chi connectivity index (χ1v) is 7.42. The molecule has 0 amide bonds. The second kappa shape index (κ2) is 6.99. The number of nitrogens with one attached hydrogen (secondary N) is 1. The van der Waals surface area contributed by atoms with Gasteiger partial charge in [-0.05, 0) is 40.5 Å². The molecule has 1 fully saturated rings. The molecule has 5 nitrogen and oxygen atoms in total. The van der Waals surface area contributed by atoms with Crippen LogP contribution in [0.2, 0.25) is 0 Å². The molecule has 5 heteroatoms. The Hall–Kier alpha value is -1.20. The van der Waals surface area contributed by atoms with Gasteiger partial charge in [-0.15, -0.1) is 0 Å². The Balaban J connectivity index is 1.93. The Morgan fingerprint density at radius 3 is 2.65 bits per heavy atom. The number of aromatic nitrogens is 2. The van der Waals surface area contributed by atoms with E-state index in [0.29, 0.717) is 6.61 Å². The van der Waals surface area contributed by atoms with Gasteiger partial charge >= 0.3 is 0 Å². The minimum absolute atomic E-state index is 0.237. The first kappa shape index (κ1) is 15.2. The normalized spacial score (nSPS) is 26.5. The highest BCUT2D eigenvalue weighted by molar-refractivity contribution is 5.35. The third-order valence-electron chi connectivity index (χ3n) is 3.36. The van der Waals surface area contributed by atoms with E-state index < -0.39 is 0 Å². The quantitative estimate of drug-likeness (QED) is 0.898. The lowest BCUT2D eigenvalue weighted by atomic mass is 10.0. The summed E-state index contributed by atoms with van der Waals surface area (Å²) in [5.74, 6) is 1.61. The molecule has 1 N–H and O–H groups in total. The second-order valence-electron chi connectivity index (χ2n) is 5.50. The molecule has 0 spiro atoms. The first-order valence-electron chi connectivity index (χ1n) is 7.42. The van der Waals surface area contributed by atoms with Crippen LogP contribution in [0.5, 0.6) is 0 Å². The van der Waals surface area contributed by atoms with Gasteiger partial charge < -0.3 is 14.8 Å². The zero-order chi connectivity index (χ0) is 14.5. The fourth-order valence-corrected chi connectivity index (χ4v) is 2.64. The highest BCUT2D eigenvalue weighted by Gasteiger charge is 2.25. The van der Waals surface area contributed by atoms with E-state index in [2.05, 4.69) is 36.1 Å². The van der Waals surface area contributed by atoms with E-state index in [9.17, 15) is 0 Å². The molecule has 1 aromatic rings. The van der Waals surface area contributed by atoms with E-state index in [-0.39, 0.29) is 18.3 Å². The fraction of sp³-hybridized carbons (Fsp3) is 0.733. The lowest BCUT2D eigenvalue weighted by molar-refractivity contribution is -0.107. The smallest absolute Gasteiger partial charge is 0.156 e. The van der Waals surface area contributed by atoms with Crippen LogP contribution < -0.4 is 5.32 Å². The van der Waals surface area contributed by atoms with E-state index in [1.54, 1.807) is 0 Å². The third kappa shape index (κ3) is 4.42. The minimum atomic E-state index is 0.237. The third-order valence-corrected chi connectivity index (χ3v) is 3.36. The van der Waals surface area contributed by atoms with Crippen molar-refractivity contribution < 1.29 is 9.47 Å². The lowest BCUT2D eigenvalue weighted by Gasteiger charge is -2.31. The van der Waals surface area contributed by atoms with Crippen LogP contribution in [0.4, 0.5) is 5.82 Å². The van der Waals surface area contributed by atoms with Crippen LogP contribution >= 0.6 is 0 Å². The van der Waals surface area contributed by atoms with Crippen molar-refractivity contribution in [1.82, 2.24) is 9.97 Å². The van der Waals surface area contributed by atoms with Crippen LogP contribution in [0.25, 0.3) is 0 Å². The summed E-state index contributed by atoms with van der Waals surface area (Å²) in [4.78, 5) is 8.90. The average molecular weight is 279 g/mol. The van der Waals surface area contributed by atoms with Gasteiger partial charge in [0.2, 0.25) is 0 Å². The molecule has 1 aromatic heterocycles.